The molecule has 0 radical (unpaired) electrons. The first kappa shape index (κ1) is 12.2. The van der Waals surface area contributed by atoms with Gasteiger partial charge in [0.2, 0.25) is 0 Å². The van der Waals surface area contributed by atoms with Gasteiger partial charge in [0.05, 0.1) is 0 Å². The van der Waals surface area contributed by atoms with Crippen LogP contribution in [0.2, 0.25) is 0 Å². The summed E-state index contributed by atoms with van der Waals surface area (Å²) in [4.78, 5) is 23.5. The number of carbonyl (C=O) groups is 2. The van der Waals surface area contributed by atoms with Crippen LogP contribution in [0.15, 0.2) is 35.5 Å². The maximum Gasteiger partial charge on any atom is 0.334 e. The van der Waals surface area contributed by atoms with Crippen LogP contribution in [0.5, 0.6) is 0 Å². The first-order chi connectivity index (χ1) is 9.06. The summed E-state index contributed by atoms with van der Waals surface area (Å²) >= 11 is 0. The molecular weight excluding hydrogens is 244 g/mol. The van der Waals surface area contributed by atoms with Crippen LogP contribution in [-0.2, 0) is 19.1 Å². The molecule has 3 unspecified atom stereocenters. The van der Waals surface area contributed by atoms with Crippen molar-refractivity contribution >= 4 is 11.9 Å². The lowest BCUT2D eigenvalue weighted by molar-refractivity contribution is -0.146. The van der Waals surface area contributed by atoms with E-state index < -0.39 is 0 Å². The van der Waals surface area contributed by atoms with Gasteiger partial charge < -0.3 is 9.47 Å². The van der Waals surface area contributed by atoms with E-state index in [1.807, 2.05) is 19.1 Å². The predicted molar refractivity (Wildman–Crippen MR) is 68.1 cm³/mol. The molecule has 1 saturated heterocycles. The number of carbonyl (C=O) groups excluding carboxylic acids is 2. The van der Waals surface area contributed by atoms with Crippen molar-refractivity contribution in [1.82, 2.24) is 0 Å². The van der Waals surface area contributed by atoms with E-state index in [0.29, 0.717) is 30.4 Å². The molecule has 19 heavy (non-hydrogen) atoms. The highest BCUT2D eigenvalue weighted by atomic mass is 16.6. The van der Waals surface area contributed by atoms with Crippen LogP contribution in [0, 0.1) is 5.92 Å². The second kappa shape index (κ2) is 4.37. The van der Waals surface area contributed by atoms with Gasteiger partial charge in [0, 0.05) is 29.9 Å². The number of allylic oxidation sites excluding steroid dienone is 1. The molecule has 3 aliphatic heterocycles. The van der Waals surface area contributed by atoms with Crippen molar-refractivity contribution in [3.05, 3.63) is 35.5 Å². The fraction of sp³-hybridized carbons (Fsp3) is 0.467. The molecule has 1 fully saturated rings. The van der Waals surface area contributed by atoms with Gasteiger partial charge in [-0.3, -0.25) is 0 Å². The Morgan fingerprint density at radius 3 is 2.68 bits per heavy atom. The number of fused-ring (bicyclic) bond motifs is 3. The third-order valence-electron chi connectivity index (χ3n) is 4.13. The average molecular weight is 260 g/mol. The molecule has 4 heteroatoms. The largest absolute Gasteiger partial charge is 0.458 e. The summed E-state index contributed by atoms with van der Waals surface area (Å²) < 4.78 is 10.7. The van der Waals surface area contributed by atoms with Gasteiger partial charge in [-0.2, -0.15) is 0 Å². The average Bonchev–Trinajstić information content (AvgIpc) is 2.65. The molecule has 0 aromatic carbocycles. The van der Waals surface area contributed by atoms with Crippen LogP contribution in [0.1, 0.15) is 26.2 Å². The summed E-state index contributed by atoms with van der Waals surface area (Å²) in [5.41, 5.74) is 2.15. The van der Waals surface area contributed by atoms with Crippen LogP contribution >= 0.6 is 0 Å². The minimum atomic E-state index is -0.344. The van der Waals surface area contributed by atoms with E-state index in [0.717, 1.165) is 5.57 Å². The highest BCUT2D eigenvalue weighted by molar-refractivity contribution is 5.92. The molecule has 1 aliphatic carbocycles. The molecule has 2 bridgehead atoms. The molecule has 0 amide bonds. The molecule has 3 atom stereocenters. The van der Waals surface area contributed by atoms with Gasteiger partial charge in [0.1, 0.15) is 12.2 Å². The monoisotopic (exact) mass is 260 g/mol. The number of hydrogen-bond donors (Lipinski definition) is 0. The zero-order valence-corrected chi connectivity index (χ0v) is 10.8. The SMILES string of the molecule is C=C1C(=O)OC2CC3=CCC(OC3=O)C(C)=CCC12. The summed E-state index contributed by atoms with van der Waals surface area (Å²) in [5.74, 6) is -0.669. The van der Waals surface area contributed by atoms with Gasteiger partial charge in [-0.05, 0) is 18.9 Å². The molecule has 0 N–H and O–H groups in total. The summed E-state index contributed by atoms with van der Waals surface area (Å²) in [6, 6.07) is 0. The molecular formula is C15H16O4. The van der Waals surface area contributed by atoms with Crippen molar-refractivity contribution in [3.8, 4) is 0 Å². The Labute approximate surface area is 111 Å². The summed E-state index contributed by atoms with van der Waals surface area (Å²) in [5, 5.41) is 0. The Balaban J connectivity index is 1.98. The second-order valence-electron chi connectivity index (χ2n) is 5.32. The summed E-state index contributed by atoms with van der Waals surface area (Å²) in [7, 11) is 0. The van der Waals surface area contributed by atoms with Gasteiger partial charge >= 0.3 is 11.9 Å². The van der Waals surface area contributed by atoms with Crippen molar-refractivity contribution in [1.29, 1.82) is 0 Å². The number of hydrogen-bond acceptors (Lipinski definition) is 4. The molecule has 4 nitrogen and oxygen atoms in total. The van der Waals surface area contributed by atoms with E-state index >= 15 is 0 Å². The molecule has 0 aromatic rings. The van der Waals surface area contributed by atoms with Crippen molar-refractivity contribution in [2.45, 2.75) is 38.4 Å². The lowest BCUT2D eigenvalue weighted by atomic mass is 9.86. The molecule has 4 aliphatic rings. The van der Waals surface area contributed by atoms with E-state index in [-0.39, 0.29) is 30.1 Å². The first-order valence-electron chi connectivity index (χ1n) is 6.52. The van der Waals surface area contributed by atoms with Crippen molar-refractivity contribution < 1.29 is 19.1 Å². The molecule has 0 saturated carbocycles. The quantitative estimate of drug-likeness (QED) is 0.380. The topological polar surface area (TPSA) is 52.6 Å². The van der Waals surface area contributed by atoms with Gasteiger partial charge in [0.25, 0.3) is 0 Å². The van der Waals surface area contributed by atoms with Crippen molar-refractivity contribution in [3.63, 3.8) is 0 Å². The molecule has 0 spiro atoms. The maximum absolute atomic E-state index is 11.9. The normalized spacial score (nSPS) is 34.2. The summed E-state index contributed by atoms with van der Waals surface area (Å²) in [6.45, 7) is 5.76. The van der Waals surface area contributed by atoms with E-state index in [9.17, 15) is 9.59 Å². The maximum atomic E-state index is 11.9. The predicted octanol–water partition coefficient (Wildman–Crippen LogP) is 2.07. The smallest absolute Gasteiger partial charge is 0.334 e. The minimum Gasteiger partial charge on any atom is -0.458 e. The Bertz CT molecular complexity index is 526. The van der Waals surface area contributed by atoms with Gasteiger partial charge in [-0.25, -0.2) is 9.59 Å². The third kappa shape index (κ3) is 2.01. The van der Waals surface area contributed by atoms with E-state index in [2.05, 4.69) is 6.58 Å². The zero-order chi connectivity index (χ0) is 13.6. The highest BCUT2D eigenvalue weighted by Gasteiger charge is 2.40. The second-order valence-corrected chi connectivity index (χ2v) is 5.32. The Kier molecular flexibility index (Phi) is 2.81. The Morgan fingerprint density at radius 1 is 1.16 bits per heavy atom. The number of esters is 2. The third-order valence-corrected chi connectivity index (χ3v) is 4.13. The van der Waals surface area contributed by atoms with Crippen LogP contribution in [0.4, 0.5) is 0 Å². The fourth-order valence-corrected chi connectivity index (χ4v) is 2.84. The zero-order valence-electron chi connectivity index (χ0n) is 10.8. The highest BCUT2D eigenvalue weighted by Crippen LogP contribution is 2.36. The Morgan fingerprint density at radius 2 is 1.95 bits per heavy atom. The Hall–Kier alpha value is -1.84. The van der Waals surface area contributed by atoms with E-state index in [1.165, 1.54) is 0 Å². The number of rotatable bonds is 0. The van der Waals surface area contributed by atoms with Crippen LogP contribution in [0.25, 0.3) is 0 Å². The van der Waals surface area contributed by atoms with Crippen molar-refractivity contribution in [2.24, 2.45) is 5.92 Å². The standard InChI is InChI=1S/C15H16O4/c1-8-3-5-11-9(2)14(16)19-13(11)7-10-4-6-12(8)18-15(10)17/h3-4,11-13H,2,5-7H2,1H3. The van der Waals surface area contributed by atoms with E-state index in [1.54, 1.807) is 0 Å². The van der Waals surface area contributed by atoms with Crippen LogP contribution in [0.3, 0.4) is 0 Å². The number of ether oxygens (including phenoxy) is 2. The fourth-order valence-electron chi connectivity index (χ4n) is 2.84. The van der Waals surface area contributed by atoms with E-state index in [4.69, 9.17) is 9.47 Å². The van der Waals surface area contributed by atoms with Gasteiger partial charge in [0.15, 0.2) is 0 Å². The molecule has 4 rings (SSSR count). The first-order valence-corrected chi connectivity index (χ1v) is 6.52. The lowest BCUT2D eigenvalue weighted by Crippen LogP contribution is -2.29. The molecule has 100 valence electrons. The lowest BCUT2D eigenvalue weighted by Gasteiger charge is -2.27. The van der Waals surface area contributed by atoms with Crippen LogP contribution < -0.4 is 0 Å². The van der Waals surface area contributed by atoms with Crippen LogP contribution in [-0.4, -0.2) is 24.1 Å². The summed E-state index contributed by atoms with van der Waals surface area (Å²) in [6.07, 6.45) is 5.32. The minimum absolute atomic E-state index is 0.0319. The van der Waals surface area contributed by atoms with Gasteiger partial charge in [-0.15, -0.1) is 0 Å². The van der Waals surface area contributed by atoms with Crippen molar-refractivity contribution in [2.75, 3.05) is 0 Å². The molecule has 3 heterocycles. The van der Waals surface area contributed by atoms with Gasteiger partial charge in [-0.1, -0.05) is 18.7 Å². The molecule has 0 aromatic heterocycles.